The number of anilines is 5. The fourth-order valence-electron chi connectivity index (χ4n) is 7.19. The van der Waals surface area contributed by atoms with E-state index in [1.165, 1.54) is 0 Å². The Morgan fingerprint density at radius 1 is 0.570 bits per heavy atom. The lowest BCUT2D eigenvalue weighted by atomic mass is 10.1. The third-order valence-electron chi connectivity index (χ3n) is 10.6. The largest absolute Gasteiger partial charge is 0.505 e. The van der Waals surface area contributed by atoms with Crippen LogP contribution >= 0.6 is 23.2 Å². The summed E-state index contributed by atoms with van der Waals surface area (Å²) in [6.45, 7) is -0.208. The number of halogens is 2. The molecule has 1 amide bonds. The Balaban J connectivity index is 1.35. The number of nitrogens with zero attached hydrogens (tertiary/aromatic N) is 7. The van der Waals surface area contributed by atoms with Crippen LogP contribution in [0, 0.1) is 0 Å². The van der Waals surface area contributed by atoms with Crippen molar-refractivity contribution in [3.63, 3.8) is 0 Å². The first-order valence-corrected chi connectivity index (χ1v) is 34.3. The number of alkyl halides is 1. The van der Waals surface area contributed by atoms with Gasteiger partial charge in [0.2, 0.25) is 32.9 Å². The number of phenolic OH excluding ortho intramolecular Hbond substituents is 2. The van der Waals surface area contributed by atoms with Gasteiger partial charge in [0.1, 0.15) is 37.5 Å². The number of aromatic hydroxyl groups is 2. The van der Waals surface area contributed by atoms with Crippen molar-refractivity contribution in [2.24, 2.45) is 20.5 Å². The molecular formula is C40H32Cl2N10O26S8. The summed E-state index contributed by atoms with van der Waals surface area (Å²) < 4.78 is 253. The van der Waals surface area contributed by atoms with Gasteiger partial charge in [-0.3, -0.25) is 36.3 Å². The lowest BCUT2D eigenvalue weighted by Gasteiger charge is -2.16. The predicted molar refractivity (Wildman–Crippen MR) is 296 cm³/mol. The smallest absolute Gasteiger partial charge is 0.398 e. The molecular weight excluding hydrogens is 1360 g/mol. The molecule has 0 spiro atoms. The van der Waals surface area contributed by atoms with Gasteiger partial charge in [0, 0.05) is 22.3 Å². The van der Waals surface area contributed by atoms with Gasteiger partial charge in [0.15, 0.2) is 28.5 Å². The number of phenols is 2. The van der Waals surface area contributed by atoms with E-state index >= 15 is 0 Å². The summed E-state index contributed by atoms with van der Waals surface area (Å²) in [4.78, 5) is 17.8. The number of nitrogens with one attached hydrogen (secondary N) is 3. The first kappa shape index (κ1) is 66.3. The Kier molecular flexibility index (Phi) is 19.2. The average Bonchev–Trinajstić information content (AvgIpc) is 0.821. The fourth-order valence-corrected chi connectivity index (χ4v) is 12.8. The minimum Gasteiger partial charge on any atom is -0.505 e. The van der Waals surface area contributed by atoms with Crippen molar-refractivity contribution in [3.8, 4) is 11.5 Å². The van der Waals surface area contributed by atoms with Crippen LogP contribution in [0.4, 0.5) is 51.7 Å². The summed E-state index contributed by atoms with van der Waals surface area (Å²) in [6.07, 6.45) is 0. The maximum atomic E-state index is 12.9. The maximum absolute atomic E-state index is 12.9. The van der Waals surface area contributed by atoms with Gasteiger partial charge in [-0.2, -0.15) is 70.6 Å². The molecule has 0 radical (unpaired) electrons. The van der Waals surface area contributed by atoms with E-state index < -0.39 is 208 Å². The molecule has 1 atom stereocenters. The van der Waals surface area contributed by atoms with E-state index in [0.717, 1.165) is 36.4 Å². The Labute approximate surface area is 495 Å². The Morgan fingerprint density at radius 3 is 1.49 bits per heavy atom. The molecule has 0 saturated carbocycles. The van der Waals surface area contributed by atoms with Crippen LogP contribution in [0.1, 0.15) is 0 Å². The summed E-state index contributed by atoms with van der Waals surface area (Å²) >= 11 is 9.52. The molecule has 0 aliphatic heterocycles. The molecule has 0 aliphatic carbocycles. The number of hydrogen-bond donors (Lipinski definition) is 11. The molecule has 460 valence electrons. The Morgan fingerprint density at radius 2 is 1.05 bits per heavy atom. The molecule has 0 fully saturated rings. The standard InChI is InChI=1S/C40H32Cl2N10O26S8/c41-7-8-77-79(56)16-31(53)43-21-3-6-28(83(65,66)67)25(13-21)50-52-35-30(85(71,72)73)12-19-10-24(82(62,63)64)15-27(33(19)37(35)55)45-40-47-38(42)46-39(48-40)44-26-14-23(81(59,60)61)9-18-11-29(84(68,69)70)34(36(54)32(18)26)51-49-20-1-4-22(5-2-20)80(57,58)17-78-86(74,75)76/h1-6,9-15,54-55H,7-8,16-17H2,(H,43,53)(H,59,60,61)(H,62,63,64)(H,65,66,67)(H,68,69,70)(H,71,72,73)(H,74,75,76)(H2,44,45,46,47,48). The van der Waals surface area contributed by atoms with E-state index in [1.807, 2.05) is 0 Å². The van der Waals surface area contributed by atoms with Crippen LogP contribution < -0.4 is 16.0 Å². The normalized spacial score (nSPS) is 13.4. The second kappa shape index (κ2) is 24.9. The summed E-state index contributed by atoms with van der Waals surface area (Å²) in [5.41, 5.74) is -5.34. The number of amides is 1. The van der Waals surface area contributed by atoms with Gasteiger partial charge < -0.3 is 26.2 Å². The molecule has 46 heteroatoms. The number of aromatic nitrogens is 3. The van der Waals surface area contributed by atoms with Crippen LogP contribution in [-0.2, 0) is 95.1 Å². The number of hydrogen-bond acceptors (Lipinski definition) is 29. The van der Waals surface area contributed by atoms with Gasteiger partial charge in [-0.1, -0.05) is 0 Å². The number of carbonyl (C=O) groups is 1. The SMILES string of the molecule is O=C(CS(=O)OCCCl)Nc1ccc(S(=O)(=O)O)c(N=Nc2c(S(=O)(=O)O)cc3cc(S(=O)(=O)O)cc(Nc4nc(Cl)nc(Nc5cc(S(=O)(=O)O)cc6cc(S(=O)(=O)O)c(N=Nc7ccc(S(=O)(=O)COS(=O)(=O)O)cc7)c(O)c56)n4)c3c2O)c1. The number of benzene rings is 6. The predicted octanol–water partition coefficient (Wildman–Crippen LogP) is 5.20. The lowest BCUT2D eigenvalue weighted by molar-refractivity contribution is -0.113. The Hall–Kier alpha value is -7.22. The molecule has 11 N–H and O–H groups in total. The summed E-state index contributed by atoms with van der Waals surface area (Å²) in [7, 11) is -36.7. The van der Waals surface area contributed by atoms with Crippen LogP contribution in [0.2, 0.25) is 5.28 Å². The third kappa shape index (κ3) is 16.2. The highest BCUT2D eigenvalue weighted by molar-refractivity contribution is 7.92. The van der Waals surface area contributed by atoms with Crippen molar-refractivity contribution in [1.82, 2.24) is 15.0 Å². The minimum atomic E-state index is -5.61. The topological polar surface area (TPSA) is 578 Å². The molecule has 1 heterocycles. The maximum Gasteiger partial charge on any atom is 0.398 e. The Bertz CT molecular complexity index is 4910. The van der Waals surface area contributed by atoms with E-state index in [2.05, 4.69) is 55.5 Å². The molecule has 7 aromatic rings. The fraction of sp³-hybridized carbons (Fsp3) is 0.100. The number of sulfone groups is 1. The molecule has 0 saturated heterocycles. The van der Waals surface area contributed by atoms with Crippen LogP contribution in [0.5, 0.6) is 11.5 Å². The molecule has 0 bridgehead atoms. The van der Waals surface area contributed by atoms with E-state index in [1.54, 1.807) is 0 Å². The number of fused-ring (bicyclic) bond motifs is 2. The molecule has 1 aromatic heterocycles. The van der Waals surface area contributed by atoms with Crippen LogP contribution in [0.3, 0.4) is 0 Å². The molecule has 6 aromatic carbocycles. The number of rotatable bonds is 23. The molecule has 0 aliphatic rings. The highest BCUT2D eigenvalue weighted by atomic mass is 35.5. The van der Waals surface area contributed by atoms with E-state index in [-0.39, 0.29) is 23.9 Å². The quantitative estimate of drug-likeness (QED) is 0.0223. The van der Waals surface area contributed by atoms with Crippen molar-refractivity contribution in [2.75, 3.05) is 40.1 Å². The highest BCUT2D eigenvalue weighted by Crippen LogP contribution is 2.48. The summed E-state index contributed by atoms with van der Waals surface area (Å²) in [5, 5.41) is 41.7. The second-order valence-corrected chi connectivity index (χ2v) is 28.4. The highest BCUT2D eigenvalue weighted by Gasteiger charge is 2.29. The van der Waals surface area contributed by atoms with E-state index in [0.29, 0.717) is 42.5 Å². The first-order chi connectivity index (χ1) is 39.6. The monoisotopic (exact) mass is 1390 g/mol. The van der Waals surface area contributed by atoms with Crippen LogP contribution in [-0.4, -0.2) is 146 Å². The van der Waals surface area contributed by atoms with Crippen LogP contribution in [0.15, 0.2) is 129 Å². The first-order valence-electron chi connectivity index (χ1n) is 21.9. The molecule has 1 unspecified atom stereocenters. The molecule has 36 nitrogen and oxygen atoms in total. The van der Waals surface area contributed by atoms with Gasteiger partial charge in [0.25, 0.3) is 50.6 Å². The van der Waals surface area contributed by atoms with Gasteiger partial charge in [-0.25, -0.2) is 16.8 Å². The van der Waals surface area contributed by atoms with E-state index in [4.69, 9.17) is 31.9 Å². The zero-order chi connectivity index (χ0) is 63.9. The molecule has 7 rings (SSSR count). The number of carbonyl (C=O) groups excluding carboxylic acids is 1. The third-order valence-corrected chi connectivity index (χ3v) is 18.2. The molecule has 86 heavy (non-hydrogen) atoms. The summed E-state index contributed by atoms with van der Waals surface area (Å²) in [5.74, 6) is -7.65. The van der Waals surface area contributed by atoms with E-state index in [9.17, 15) is 101 Å². The zero-order valence-electron chi connectivity index (χ0n) is 41.4. The van der Waals surface area contributed by atoms with Crippen molar-refractivity contribution in [1.29, 1.82) is 0 Å². The zero-order valence-corrected chi connectivity index (χ0v) is 49.5. The lowest BCUT2D eigenvalue weighted by Crippen LogP contribution is -2.21. The minimum absolute atomic E-state index is 0.0816. The van der Waals surface area contributed by atoms with Gasteiger partial charge >= 0.3 is 10.4 Å². The van der Waals surface area contributed by atoms with Gasteiger partial charge in [0.05, 0.1) is 38.4 Å². The van der Waals surface area contributed by atoms with Crippen molar-refractivity contribution >= 4 is 184 Å². The van der Waals surface area contributed by atoms with Crippen molar-refractivity contribution in [2.45, 2.75) is 29.4 Å². The number of azo groups is 2. The van der Waals surface area contributed by atoms with Crippen LogP contribution in [0.25, 0.3) is 21.5 Å². The van der Waals surface area contributed by atoms with Crippen molar-refractivity contribution < 1.29 is 114 Å². The van der Waals surface area contributed by atoms with Gasteiger partial charge in [-0.05, 0) is 101 Å². The van der Waals surface area contributed by atoms with Gasteiger partial charge in [-0.15, -0.1) is 26.9 Å². The van der Waals surface area contributed by atoms with Crippen molar-refractivity contribution in [3.05, 3.63) is 84.1 Å². The summed E-state index contributed by atoms with van der Waals surface area (Å²) in [6, 6.07) is 9.19. The average molecular weight is 1400 g/mol. The second-order valence-electron chi connectivity index (χ2n) is 16.5.